The van der Waals surface area contributed by atoms with E-state index >= 15 is 0 Å². The summed E-state index contributed by atoms with van der Waals surface area (Å²) >= 11 is 6.30. The number of amides is 2. The number of carbonyl (C=O) groups is 2. The zero-order valence-corrected chi connectivity index (χ0v) is 21.4. The molecule has 2 amide bonds. The number of halogens is 1. The molecule has 1 aliphatic carbocycles. The number of anilines is 2. The first-order valence-electron chi connectivity index (χ1n) is 11.6. The number of hydrogen-bond acceptors (Lipinski definition) is 9. The van der Waals surface area contributed by atoms with Gasteiger partial charge < -0.3 is 15.8 Å². The van der Waals surface area contributed by atoms with Crippen molar-refractivity contribution in [1.82, 2.24) is 25.0 Å². The average Bonchev–Trinajstić information content (AvgIpc) is 3.35. The van der Waals surface area contributed by atoms with E-state index in [4.69, 9.17) is 22.1 Å². The highest BCUT2D eigenvalue weighted by atomic mass is 35.5. The highest BCUT2D eigenvalue weighted by molar-refractivity contribution is 6.44. The minimum atomic E-state index is -0.713. The summed E-state index contributed by atoms with van der Waals surface area (Å²) in [5.74, 6) is -0.469. The number of nitrogens with one attached hydrogen (secondary N) is 1. The van der Waals surface area contributed by atoms with Crippen LogP contribution in [0.2, 0.25) is 5.02 Å². The Hall–Kier alpha value is -4.19. The predicted octanol–water partition coefficient (Wildman–Crippen LogP) is 4.58. The van der Waals surface area contributed by atoms with Gasteiger partial charge in [0.1, 0.15) is 22.7 Å². The molecule has 0 bridgehead atoms. The summed E-state index contributed by atoms with van der Waals surface area (Å²) in [4.78, 5) is 43.0. The maximum absolute atomic E-state index is 12.3. The van der Waals surface area contributed by atoms with Gasteiger partial charge >= 0.3 is 6.09 Å². The van der Waals surface area contributed by atoms with Crippen LogP contribution in [0.1, 0.15) is 56.8 Å². The predicted molar refractivity (Wildman–Crippen MR) is 139 cm³/mol. The third kappa shape index (κ3) is 6.73. The number of ether oxygens (including phenoxy) is 1. The zero-order chi connectivity index (χ0) is 26.6. The van der Waals surface area contributed by atoms with Gasteiger partial charge in [0.05, 0.1) is 28.8 Å². The molecule has 2 heterocycles. The van der Waals surface area contributed by atoms with Gasteiger partial charge in [-0.05, 0) is 64.7 Å². The number of primary amides is 1. The van der Waals surface area contributed by atoms with E-state index in [1.165, 1.54) is 23.4 Å². The molecule has 12 nitrogen and oxygen atoms in total. The summed E-state index contributed by atoms with van der Waals surface area (Å²) in [6, 6.07) is 5.07. The van der Waals surface area contributed by atoms with Crippen LogP contribution in [0.25, 0.3) is 5.69 Å². The van der Waals surface area contributed by atoms with Crippen molar-refractivity contribution >= 4 is 52.5 Å². The van der Waals surface area contributed by atoms with Gasteiger partial charge in [-0.1, -0.05) is 11.6 Å². The number of nitrogens with zero attached hydrogens (tertiary/aromatic N) is 7. The van der Waals surface area contributed by atoms with Crippen LogP contribution in [0.3, 0.4) is 0 Å². The van der Waals surface area contributed by atoms with E-state index in [9.17, 15) is 9.59 Å². The first kappa shape index (κ1) is 25.9. The van der Waals surface area contributed by atoms with E-state index in [1.807, 2.05) is 0 Å². The molecule has 0 spiro atoms. The van der Waals surface area contributed by atoms with Gasteiger partial charge in [-0.3, -0.25) is 4.79 Å². The van der Waals surface area contributed by atoms with E-state index in [1.54, 1.807) is 39.0 Å². The summed E-state index contributed by atoms with van der Waals surface area (Å²) in [5, 5.41) is 11.7. The average molecular weight is 524 g/mol. The number of rotatable bonds is 5. The molecule has 1 aliphatic rings. The van der Waals surface area contributed by atoms with Crippen LogP contribution in [-0.4, -0.2) is 54.0 Å². The lowest BCUT2D eigenvalue weighted by Gasteiger charge is -2.19. The van der Waals surface area contributed by atoms with Gasteiger partial charge in [0, 0.05) is 11.9 Å². The van der Waals surface area contributed by atoms with E-state index in [0.717, 1.165) is 12.8 Å². The van der Waals surface area contributed by atoms with E-state index in [-0.39, 0.29) is 17.3 Å². The van der Waals surface area contributed by atoms with Crippen LogP contribution in [0, 0.1) is 0 Å². The Bertz CT molecular complexity index is 1380. The maximum Gasteiger partial charge on any atom is 0.434 e. The topological polar surface area (TPSA) is 163 Å². The molecule has 1 saturated carbocycles. The molecule has 13 heteroatoms. The second-order valence-corrected chi connectivity index (χ2v) is 9.62. The summed E-state index contributed by atoms with van der Waals surface area (Å²) in [5.41, 5.74) is 7.17. The lowest BCUT2D eigenvalue weighted by molar-refractivity contribution is 0.0604. The second-order valence-electron chi connectivity index (χ2n) is 9.21. The Labute approximate surface area is 218 Å². The smallest absolute Gasteiger partial charge is 0.434 e. The molecule has 192 valence electrons. The molecule has 1 aromatic carbocycles. The molecular formula is C24H26ClN9O3. The fourth-order valence-electron chi connectivity index (χ4n) is 3.55. The highest BCUT2D eigenvalue weighted by Gasteiger charge is 2.21. The normalized spacial score (nSPS) is 16.1. The number of nitrogens with two attached hydrogens (primary N) is 1. The lowest BCUT2D eigenvalue weighted by atomic mass is 9.96. The fraction of sp³-hybridized carbons (Fsp3) is 0.333. The van der Waals surface area contributed by atoms with Gasteiger partial charge in [0.2, 0.25) is 0 Å². The second kappa shape index (κ2) is 10.8. The third-order valence-electron chi connectivity index (χ3n) is 5.15. The number of aliphatic imine (C=N–C) groups is 2. The Kier molecular flexibility index (Phi) is 7.58. The molecule has 37 heavy (non-hydrogen) atoms. The molecule has 3 N–H and O–H groups in total. The van der Waals surface area contributed by atoms with E-state index in [2.05, 4.69) is 35.5 Å². The van der Waals surface area contributed by atoms with Crippen molar-refractivity contribution in [3.63, 3.8) is 0 Å². The van der Waals surface area contributed by atoms with Crippen LogP contribution in [0.4, 0.5) is 22.2 Å². The Morgan fingerprint density at radius 2 is 1.84 bits per heavy atom. The largest absolute Gasteiger partial charge is 0.442 e. The standard InChI is InChI=1S/C24H26ClN9O3/c1-24(2,3)37-23(36)32-18-7-5-4-6-17(18)31-22-27-13-15(20(26)35)21(33-22)30-14-8-9-16(25)19(12-14)34-28-10-11-29-34/h8-13H,4-7H2,1-3H3,(H2,26,35)(H,27,30,33). The van der Waals surface area contributed by atoms with Gasteiger partial charge in [0.25, 0.3) is 11.9 Å². The van der Waals surface area contributed by atoms with Crippen LogP contribution >= 0.6 is 11.6 Å². The van der Waals surface area contributed by atoms with Crippen LogP contribution in [0.5, 0.6) is 0 Å². The van der Waals surface area contributed by atoms with Gasteiger partial charge in [-0.25, -0.2) is 14.8 Å². The molecule has 2 aromatic heterocycles. The molecule has 4 rings (SSSR count). The van der Waals surface area contributed by atoms with Crippen molar-refractivity contribution in [2.75, 3.05) is 5.32 Å². The molecule has 3 aromatic rings. The molecule has 0 saturated heterocycles. The quantitative estimate of drug-likeness (QED) is 0.490. The van der Waals surface area contributed by atoms with Crippen molar-refractivity contribution in [3.8, 4) is 5.69 Å². The minimum Gasteiger partial charge on any atom is -0.442 e. The first-order chi connectivity index (χ1) is 17.6. The van der Waals surface area contributed by atoms with Crippen molar-refractivity contribution in [2.24, 2.45) is 15.7 Å². The van der Waals surface area contributed by atoms with Crippen molar-refractivity contribution in [3.05, 3.63) is 47.4 Å². The summed E-state index contributed by atoms with van der Waals surface area (Å²) in [6.07, 6.45) is 6.63. The number of benzene rings is 1. The Balaban J connectivity index is 1.66. The van der Waals surface area contributed by atoms with Gasteiger partial charge in [0.15, 0.2) is 0 Å². The number of hydrogen-bond donors (Lipinski definition) is 2. The van der Waals surface area contributed by atoms with Gasteiger partial charge in [-0.2, -0.15) is 25.0 Å². The summed E-state index contributed by atoms with van der Waals surface area (Å²) in [6.45, 7) is 5.33. The number of aromatic nitrogens is 5. The Morgan fingerprint density at radius 3 is 2.51 bits per heavy atom. The monoisotopic (exact) mass is 523 g/mol. The maximum atomic E-state index is 12.3. The molecule has 0 atom stereocenters. The van der Waals surface area contributed by atoms with Crippen molar-refractivity contribution < 1.29 is 14.3 Å². The molecule has 1 fully saturated rings. The summed E-state index contributed by atoms with van der Waals surface area (Å²) < 4.78 is 5.32. The molecule has 0 radical (unpaired) electrons. The molecule has 0 aliphatic heterocycles. The summed E-state index contributed by atoms with van der Waals surface area (Å²) in [7, 11) is 0. The zero-order valence-electron chi connectivity index (χ0n) is 20.6. The third-order valence-corrected chi connectivity index (χ3v) is 5.47. The van der Waals surface area contributed by atoms with Crippen LogP contribution in [-0.2, 0) is 4.74 Å². The highest BCUT2D eigenvalue weighted by Crippen LogP contribution is 2.27. The van der Waals surface area contributed by atoms with Crippen LogP contribution in [0.15, 0.2) is 46.8 Å². The minimum absolute atomic E-state index is 0.0731. The first-order valence-corrected chi connectivity index (χ1v) is 12.0. The SMILES string of the molecule is CC(C)(C)OC(=O)N=C1CCCCC1=Nc1ncc(C(N)=O)c(Nc2ccc(Cl)c(-n3nccn3)c2)n1. The van der Waals surface area contributed by atoms with Crippen molar-refractivity contribution in [1.29, 1.82) is 0 Å². The van der Waals surface area contributed by atoms with Gasteiger partial charge in [-0.15, -0.1) is 0 Å². The van der Waals surface area contributed by atoms with Crippen LogP contribution < -0.4 is 11.1 Å². The van der Waals surface area contributed by atoms with E-state index < -0.39 is 17.6 Å². The molecular weight excluding hydrogens is 498 g/mol. The number of carbonyl (C=O) groups excluding carboxylic acids is 2. The fourth-order valence-corrected chi connectivity index (χ4v) is 3.75. The molecule has 0 unspecified atom stereocenters. The van der Waals surface area contributed by atoms with Crippen molar-refractivity contribution in [2.45, 2.75) is 52.1 Å². The van der Waals surface area contributed by atoms with E-state index in [0.29, 0.717) is 40.7 Å². The Morgan fingerprint density at radius 1 is 1.14 bits per heavy atom. The lowest BCUT2D eigenvalue weighted by Crippen LogP contribution is -2.25.